The molecule has 1 aliphatic heterocycles. The minimum atomic E-state index is 0.564. The lowest BCUT2D eigenvalue weighted by atomic mass is 10.1. The maximum Gasteiger partial charge on any atom is 0.200 e. The molecule has 0 spiro atoms. The highest BCUT2D eigenvalue weighted by atomic mass is 16.5. The molecule has 2 fully saturated rings. The highest BCUT2D eigenvalue weighted by Crippen LogP contribution is 2.39. The van der Waals surface area contributed by atoms with E-state index in [0.29, 0.717) is 5.92 Å². The van der Waals surface area contributed by atoms with E-state index < -0.39 is 0 Å². The van der Waals surface area contributed by atoms with Gasteiger partial charge in [0.2, 0.25) is 0 Å². The SMILES string of the molecule is COc1ccc(N2CCCCC2)n2nc(C3CC3)nc12. The van der Waals surface area contributed by atoms with E-state index in [9.17, 15) is 0 Å². The molecule has 1 saturated heterocycles. The van der Waals surface area contributed by atoms with Gasteiger partial charge in [-0.3, -0.25) is 0 Å². The largest absolute Gasteiger partial charge is 0.493 e. The van der Waals surface area contributed by atoms with Gasteiger partial charge in [0.05, 0.1) is 7.11 Å². The first-order chi connectivity index (χ1) is 9.86. The molecule has 2 aromatic heterocycles. The Morgan fingerprint density at radius 1 is 1.15 bits per heavy atom. The van der Waals surface area contributed by atoms with Crippen molar-refractivity contribution in [2.45, 2.75) is 38.0 Å². The molecule has 3 heterocycles. The minimum absolute atomic E-state index is 0.564. The van der Waals surface area contributed by atoms with E-state index in [1.165, 1.54) is 32.1 Å². The van der Waals surface area contributed by atoms with Crippen molar-refractivity contribution in [3.63, 3.8) is 0 Å². The number of ether oxygens (including phenoxy) is 1. The maximum atomic E-state index is 5.44. The Hall–Kier alpha value is -1.78. The van der Waals surface area contributed by atoms with E-state index in [1.54, 1.807) is 7.11 Å². The van der Waals surface area contributed by atoms with Gasteiger partial charge in [0.15, 0.2) is 17.2 Å². The lowest BCUT2D eigenvalue weighted by molar-refractivity contribution is 0.416. The van der Waals surface area contributed by atoms with Gasteiger partial charge in [0.25, 0.3) is 0 Å². The smallest absolute Gasteiger partial charge is 0.200 e. The molecule has 0 aromatic carbocycles. The second kappa shape index (κ2) is 4.65. The predicted octanol–water partition coefficient (Wildman–Crippen LogP) is 2.61. The number of hydrogen-bond acceptors (Lipinski definition) is 4. The van der Waals surface area contributed by atoms with Gasteiger partial charge in [-0.1, -0.05) is 0 Å². The highest BCUT2D eigenvalue weighted by Gasteiger charge is 2.29. The van der Waals surface area contributed by atoms with Crippen LogP contribution in [0.25, 0.3) is 5.65 Å². The van der Waals surface area contributed by atoms with E-state index in [4.69, 9.17) is 14.8 Å². The number of piperidine rings is 1. The predicted molar refractivity (Wildman–Crippen MR) is 77.6 cm³/mol. The molecule has 0 unspecified atom stereocenters. The van der Waals surface area contributed by atoms with Gasteiger partial charge in [-0.15, -0.1) is 5.10 Å². The summed E-state index contributed by atoms with van der Waals surface area (Å²) in [5.74, 6) is 3.51. The summed E-state index contributed by atoms with van der Waals surface area (Å²) in [5, 5.41) is 4.74. The normalized spacial score (nSPS) is 19.6. The molecule has 0 bridgehead atoms. The van der Waals surface area contributed by atoms with Crippen LogP contribution in [0, 0.1) is 0 Å². The van der Waals surface area contributed by atoms with Gasteiger partial charge in [-0.25, -0.2) is 4.98 Å². The van der Waals surface area contributed by atoms with Gasteiger partial charge in [-0.2, -0.15) is 4.52 Å². The Labute approximate surface area is 118 Å². The number of rotatable bonds is 3. The van der Waals surface area contributed by atoms with Crippen molar-refractivity contribution in [3.05, 3.63) is 18.0 Å². The quantitative estimate of drug-likeness (QED) is 0.861. The number of hydrogen-bond donors (Lipinski definition) is 0. The summed E-state index contributed by atoms with van der Waals surface area (Å²) in [6.45, 7) is 2.22. The summed E-state index contributed by atoms with van der Waals surface area (Å²) < 4.78 is 7.43. The van der Waals surface area contributed by atoms with Crippen molar-refractivity contribution in [1.29, 1.82) is 0 Å². The highest BCUT2D eigenvalue weighted by molar-refractivity contribution is 5.60. The molecule has 0 atom stereocenters. The van der Waals surface area contributed by atoms with Crippen molar-refractivity contribution >= 4 is 11.5 Å². The van der Waals surface area contributed by atoms with E-state index in [0.717, 1.165) is 36.1 Å². The summed E-state index contributed by atoms with van der Waals surface area (Å²) in [5.41, 5.74) is 0.859. The number of nitrogens with zero attached hydrogens (tertiary/aromatic N) is 4. The average molecular weight is 272 g/mol. The zero-order chi connectivity index (χ0) is 13.5. The third-order valence-corrected chi connectivity index (χ3v) is 4.29. The van der Waals surface area contributed by atoms with Gasteiger partial charge in [0, 0.05) is 19.0 Å². The molecule has 0 amide bonds. The molecule has 5 nitrogen and oxygen atoms in total. The van der Waals surface area contributed by atoms with Crippen LogP contribution in [0.3, 0.4) is 0 Å². The Kier molecular flexibility index (Phi) is 2.79. The lowest BCUT2D eigenvalue weighted by Gasteiger charge is -2.28. The summed E-state index contributed by atoms with van der Waals surface area (Å²) >= 11 is 0. The van der Waals surface area contributed by atoms with Crippen LogP contribution >= 0.6 is 0 Å². The molecule has 5 heteroatoms. The first-order valence-corrected chi connectivity index (χ1v) is 7.55. The van der Waals surface area contributed by atoms with E-state index >= 15 is 0 Å². The Bertz CT molecular complexity index is 626. The fourth-order valence-corrected chi connectivity index (χ4v) is 2.98. The monoisotopic (exact) mass is 272 g/mol. The molecule has 4 rings (SSSR count). The van der Waals surface area contributed by atoms with Crippen molar-refractivity contribution in [3.8, 4) is 5.75 Å². The van der Waals surface area contributed by atoms with Gasteiger partial charge < -0.3 is 9.64 Å². The molecule has 0 N–H and O–H groups in total. The second-order valence-corrected chi connectivity index (χ2v) is 5.79. The van der Waals surface area contributed by atoms with Gasteiger partial charge >= 0.3 is 0 Å². The van der Waals surface area contributed by atoms with Gasteiger partial charge in [-0.05, 0) is 44.2 Å². The third-order valence-electron chi connectivity index (χ3n) is 4.29. The van der Waals surface area contributed by atoms with Crippen molar-refractivity contribution in [2.75, 3.05) is 25.1 Å². The van der Waals surface area contributed by atoms with E-state index in [-0.39, 0.29) is 0 Å². The van der Waals surface area contributed by atoms with Crippen LogP contribution < -0.4 is 9.64 Å². The molecule has 106 valence electrons. The van der Waals surface area contributed by atoms with Crippen LogP contribution in [0.15, 0.2) is 12.1 Å². The zero-order valence-corrected chi connectivity index (χ0v) is 11.9. The Morgan fingerprint density at radius 2 is 1.95 bits per heavy atom. The van der Waals surface area contributed by atoms with Crippen LogP contribution in [0.2, 0.25) is 0 Å². The van der Waals surface area contributed by atoms with E-state index in [1.807, 2.05) is 10.6 Å². The fraction of sp³-hybridized carbons (Fsp3) is 0.600. The van der Waals surface area contributed by atoms with Gasteiger partial charge in [0.1, 0.15) is 5.82 Å². The molecule has 2 aliphatic rings. The van der Waals surface area contributed by atoms with Crippen LogP contribution in [0.1, 0.15) is 43.8 Å². The fourth-order valence-electron chi connectivity index (χ4n) is 2.98. The first-order valence-electron chi connectivity index (χ1n) is 7.55. The van der Waals surface area contributed by atoms with Crippen LogP contribution in [0.5, 0.6) is 5.75 Å². The number of aromatic nitrogens is 3. The van der Waals surface area contributed by atoms with Crippen molar-refractivity contribution < 1.29 is 4.74 Å². The molecular formula is C15H20N4O. The number of fused-ring (bicyclic) bond motifs is 1. The average Bonchev–Trinajstić information content (AvgIpc) is 3.26. The standard InChI is InChI=1S/C15H20N4O/c1-20-12-7-8-13(18-9-3-2-4-10-18)19-15(12)16-14(17-19)11-5-6-11/h7-8,11H,2-6,9-10H2,1H3. The van der Waals surface area contributed by atoms with Crippen molar-refractivity contribution in [1.82, 2.24) is 14.6 Å². The number of pyridine rings is 1. The topological polar surface area (TPSA) is 42.7 Å². The molecule has 2 aromatic rings. The second-order valence-electron chi connectivity index (χ2n) is 5.79. The Balaban J connectivity index is 1.83. The summed E-state index contributed by atoms with van der Waals surface area (Å²) in [6, 6.07) is 4.13. The molecular weight excluding hydrogens is 252 g/mol. The molecule has 20 heavy (non-hydrogen) atoms. The molecule has 1 aliphatic carbocycles. The number of methoxy groups -OCH3 is 1. The molecule has 0 radical (unpaired) electrons. The minimum Gasteiger partial charge on any atom is -0.493 e. The summed E-state index contributed by atoms with van der Waals surface area (Å²) in [4.78, 5) is 7.12. The van der Waals surface area contributed by atoms with Crippen molar-refractivity contribution in [2.24, 2.45) is 0 Å². The zero-order valence-electron chi connectivity index (χ0n) is 11.9. The lowest BCUT2D eigenvalue weighted by Crippen LogP contribution is -2.31. The van der Waals surface area contributed by atoms with Crippen LogP contribution in [-0.4, -0.2) is 34.8 Å². The van der Waals surface area contributed by atoms with E-state index in [2.05, 4.69) is 11.0 Å². The first kappa shape index (κ1) is 12.0. The number of anilines is 1. The molecule has 1 saturated carbocycles. The summed E-state index contributed by atoms with van der Waals surface area (Å²) in [7, 11) is 1.70. The van der Waals surface area contributed by atoms with Crippen LogP contribution in [0.4, 0.5) is 5.82 Å². The summed E-state index contributed by atoms with van der Waals surface area (Å²) in [6.07, 6.45) is 6.30. The third kappa shape index (κ3) is 1.92. The van der Waals surface area contributed by atoms with Crippen LogP contribution in [-0.2, 0) is 0 Å². The Morgan fingerprint density at radius 3 is 2.65 bits per heavy atom. The maximum absolute atomic E-state index is 5.44.